The number of anilines is 1. The van der Waals surface area contributed by atoms with Crippen molar-refractivity contribution in [2.24, 2.45) is 0 Å². The molecule has 5 nitrogen and oxygen atoms in total. The Bertz CT molecular complexity index is 738. The van der Waals surface area contributed by atoms with E-state index in [1.54, 1.807) is 13.3 Å². The van der Waals surface area contributed by atoms with Crippen molar-refractivity contribution in [3.05, 3.63) is 51.8 Å². The van der Waals surface area contributed by atoms with Crippen molar-refractivity contribution < 1.29 is 14.2 Å². The third-order valence-corrected chi connectivity index (χ3v) is 4.91. The quantitative estimate of drug-likeness (QED) is 0.568. The first-order chi connectivity index (χ1) is 13.1. The van der Waals surface area contributed by atoms with Crippen molar-refractivity contribution in [1.82, 2.24) is 4.98 Å². The molecular formula is C21H29ClN2O3. The average molecular weight is 393 g/mol. The normalized spacial score (nSPS) is 10.9. The van der Waals surface area contributed by atoms with Gasteiger partial charge in [-0.05, 0) is 56.0 Å². The Morgan fingerprint density at radius 2 is 1.93 bits per heavy atom. The molecule has 1 heterocycles. The molecule has 1 N–H and O–H groups in total. The minimum Gasteiger partial charge on any atom is -0.491 e. The zero-order valence-electron chi connectivity index (χ0n) is 16.6. The fourth-order valence-corrected chi connectivity index (χ4v) is 3.05. The Morgan fingerprint density at radius 1 is 1.11 bits per heavy atom. The van der Waals surface area contributed by atoms with Crippen LogP contribution in [0.25, 0.3) is 0 Å². The van der Waals surface area contributed by atoms with Crippen molar-refractivity contribution in [2.45, 2.75) is 33.8 Å². The Labute approximate surface area is 167 Å². The summed E-state index contributed by atoms with van der Waals surface area (Å²) in [6.45, 7) is 9.31. The standard InChI is InChI=1S/C21H29ClN2O3/c1-5-26-12-9-17-6-7-20(16(3)15(17)2)27-13-11-24-18-8-10-23-19(14-25-4)21(18)22/h6-8,10H,5,9,11-14H2,1-4H3,(H,23,24). The van der Waals surface area contributed by atoms with Crippen LogP contribution >= 0.6 is 11.6 Å². The van der Waals surface area contributed by atoms with Crippen molar-refractivity contribution in [2.75, 3.05) is 38.8 Å². The maximum absolute atomic E-state index is 6.34. The zero-order valence-corrected chi connectivity index (χ0v) is 17.4. The van der Waals surface area contributed by atoms with E-state index < -0.39 is 0 Å². The van der Waals surface area contributed by atoms with Crippen LogP contribution in [0.15, 0.2) is 24.4 Å². The summed E-state index contributed by atoms with van der Waals surface area (Å²) in [5, 5.41) is 3.88. The molecule has 0 atom stereocenters. The predicted octanol–water partition coefficient (Wildman–Crippen LogP) is 4.57. The first-order valence-electron chi connectivity index (χ1n) is 9.24. The van der Waals surface area contributed by atoms with E-state index >= 15 is 0 Å². The lowest BCUT2D eigenvalue weighted by molar-refractivity contribution is 0.151. The Balaban J connectivity index is 1.88. The van der Waals surface area contributed by atoms with Gasteiger partial charge in [0.05, 0.1) is 29.6 Å². The number of rotatable bonds is 11. The summed E-state index contributed by atoms with van der Waals surface area (Å²) in [5.74, 6) is 0.912. The topological polar surface area (TPSA) is 52.6 Å². The summed E-state index contributed by atoms with van der Waals surface area (Å²) in [6.07, 6.45) is 2.64. The van der Waals surface area contributed by atoms with Crippen LogP contribution in [0.2, 0.25) is 5.02 Å². The number of pyridine rings is 1. The fourth-order valence-electron chi connectivity index (χ4n) is 2.81. The van der Waals surface area contributed by atoms with Crippen LogP contribution in [-0.4, -0.2) is 38.5 Å². The van der Waals surface area contributed by atoms with Crippen LogP contribution in [0.3, 0.4) is 0 Å². The van der Waals surface area contributed by atoms with Gasteiger partial charge in [0.2, 0.25) is 0 Å². The van der Waals surface area contributed by atoms with Crippen molar-refractivity contribution in [1.29, 1.82) is 0 Å². The van der Waals surface area contributed by atoms with Gasteiger partial charge in [-0.3, -0.25) is 4.98 Å². The monoisotopic (exact) mass is 392 g/mol. The summed E-state index contributed by atoms with van der Waals surface area (Å²) >= 11 is 6.34. The lowest BCUT2D eigenvalue weighted by Crippen LogP contribution is -2.13. The second kappa shape index (κ2) is 11.1. The number of halogens is 1. The zero-order chi connectivity index (χ0) is 19.6. The fraction of sp³-hybridized carbons (Fsp3) is 0.476. The molecule has 0 unspecified atom stereocenters. The summed E-state index contributed by atoms with van der Waals surface area (Å²) in [5.41, 5.74) is 5.30. The minimum absolute atomic E-state index is 0.388. The van der Waals surface area contributed by atoms with Gasteiger partial charge in [0.25, 0.3) is 0 Å². The highest BCUT2D eigenvalue weighted by Gasteiger charge is 2.09. The van der Waals surface area contributed by atoms with Crippen LogP contribution in [0.1, 0.15) is 29.3 Å². The van der Waals surface area contributed by atoms with Gasteiger partial charge in [0.15, 0.2) is 0 Å². The molecule has 1 aromatic heterocycles. The molecule has 0 aliphatic rings. The van der Waals surface area contributed by atoms with E-state index in [-0.39, 0.29) is 0 Å². The molecule has 2 rings (SSSR count). The second-order valence-corrected chi connectivity index (χ2v) is 6.63. The van der Waals surface area contributed by atoms with E-state index in [1.165, 1.54) is 16.7 Å². The molecule has 0 aliphatic carbocycles. The predicted molar refractivity (Wildman–Crippen MR) is 110 cm³/mol. The van der Waals surface area contributed by atoms with Gasteiger partial charge < -0.3 is 19.5 Å². The van der Waals surface area contributed by atoms with Gasteiger partial charge in [-0.1, -0.05) is 17.7 Å². The molecule has 0 fully saturated rings. The highest BCUT2D eigenvalue weighted by molar-refractivity contribution is 6.33. The molecule has 27 heavy (non-hydrogen) atoms. The van der Waals surface area contributed by atoms with E-state index in [0.717, 1.165) is 36.8 Å². The molecule has 0 saturated heterocycles. The van der Waals surface area contributed by atoms with Gasteiger partial charge >= 0.3 is 0 Å². The number of methoxy groups -OCH3 is 1. The highest BCUT2D eigenvalue weighted by atomic mass is 35.5. The summed E-state index contributed by atoms with van der Waals surface area (Å²) in [7, 11) is 1.62. The van der Waals surface area contributed by atoms with Crippen LogP contribution < -0.4 is 10.1 Å². The number of benzene rings is 1. The SMILES string of the molecule is CCOCCc1ccc(OCCNc2ccnc(COC)c2Cl)c(C)c1C. The smallest absolute Gasteiger partial charge is 0.122 e. The van der Waals surface area contributed by atoms with Gasteiger partial charge in [0, 0.05) is 26.5 Å². The molecule has 0 aliphatic heterocycles. The van der Waals surface area contributed by atoms with Gasteiger partial charge in [-0.15, -0.1) is 0 Å². The summed E-state index contributed by atoms with van der Waals surface area (Å²) in [6, 6.07) is 6.02. The number of hydrogen-bond acceptors (Lipinski definition) is 5. The van der Waals surface area contributed by atoms with Crippen LogP contribution in [-0.2, 0) is 22.5 Å². The number of ether oxygens (including phenoxy) is 3. The number of aromatic nitrogens is 1. The average Bonchev–Trinajstić information content (AvgIpc) is 2.66. The van der Waals surface area contributed by atoms with Crippen LogP contribution in [0.5, 0.6) is 5.75 Å². The maximum atomic E-state index is 6.34. The van der Waals surface area contributed by atoms with Crippen molar-refractivity contribution in [3.63, 3.8) is 0 Å². The Hall–Kier alpha value is -1.82. The molecule has 0 saturated carbocycles. The van der Waals surface area contributed by atoms with E-state index in [4.69, 9.17) is 25.8 Å². The lowest BCUT2D eigenvalue weighted by Gasteiger charge is -2.15. The first kappa shape index (κ1) is 21.5. The van der Waals surface area contributed by atoms with Crippen LogP contribution in [0.4, 0.5) is 5.69 Å². The number of nitrogens with one attached hydrogen (secondary N) is 1. The first-order valence-corrected chi connectivity index (χ1v) is 9.62. The van der Waals surface area contributed by atoms with Gasteiger partial charge in [0.1, 0.15) is 12.4 Å². The van der Waals surface area contributed by atoms with Gasteiger partial charge in [-0.2, -0.15) is 0 Å². The molecule has 1 aromatic carbocycles. The lowest BCUT2D eigenvalue weighted by atomic mass is 10.0. The third kappa shape index (κ3) is 6.09. The summed E-state index contributed by atoms with van der Waals surface area (Å²) < 4.78 is 16.5. The molecule has 0 bridgehead atoms. The third-order valence-electron chi connectivity index (χ3n) is 4.49. The van der Waals surface area contributed by atoms with Crippen molar-refractivity contribution >= 4 is 17.3 Å². The maximum Gasteiger partial charge on any atom is 0.122 e. The largest absolute Gasteiger partial charge is 0.491 e. The van der Waals surface area contributed by atoms with Crippen molar-refractivity contribution in [3.8, 4) is 5.75 Å². The highest BCUT2D eigenvalue weighted by Crippen LogP contribution is 2.26. The van der Waals surface area contributed by atoms with E-state index in [9.17, 15) is 0 Å². The summed E-state index contributed by atoms with van der Waals surface area (Å²) in [4.78, 5) is 4.22. The Morgan fingerprint density at radius 3 is 2.67 bits per heavy atom. The number of hydrogen-bond donors (Lipinski definition) is 1. The van der Waals surface area contributed by atoms with Crippen LogP contribution in [0, 0.1) is 13.8 Å². The molecule has 2 aromatic rings. The van der Waals surface area contributed by atoms with E-state index in [2.05, 4.69) is 30.2 Å². The van der Waals surface area contributed by atoms with E-state index in [0.29, 0.717) is 24.8 Å². The van der Waals surface area contributed by atoms with Gasteiger partial charge in [-0.25, -0.2) is 0 Å². The molecule has 6 heteroatoms. The van der Waals surface area contributed by atoms with E-state index in [1.807, 2.05) is 19.1 Å². The number of nitrogens with zero attached hydrogens (tertiary/aromatic N) is 1. The minimum atomic E-state index is 0.388. The molecule has 148 valence electrons. The second-order valence-electron chi connectivity index (χ2n) is 6.25. The molecule has 0 spiro atoms. The molecule has 0 radical (unpaired) electrons. The Kier molecular flexibility index (Phi) is 8.85. The molecular weight excluding hydrogens is 364 g/mol. The molecule has 0 amide bonds.